The van der Waals surface area contributed by atoms with Crippen LogP contribution in [0.5, 0.6) is 0 Å². The second-order valence-corrected chi connectivity index (χ2v) is 6.68. The maximum absolute atomic E-state index is 9.38. The van der Waals surface area contributed by atoms with Gasteiger partial charge in [-0.25, -0.2) is 0 Å². The van der Waals surface area contributed by atoms with E-state index in [-0.39, 0.29) is 0 Å². The van der Waals surface area contributed by atoms with Gasteiger partial charge in [0.15, 0.2) is 0 Å². The Morgan fingerprint density at radius 2 is 1.76 bits per heavy atom. The van der Waals surface area contributed by atoms with Crippen LogP contribution in [-0.4, -0.2) is 53.7 Å². The monoisotopic (exact) mass is 288 g/mol. The lowest BCUT2D eigenvalue weighted by atomic mass is 9.94. The fourth-order valence-corrected chi connectivity index (χ4v) is 3.86. The molecular formula is C18H28N2O. The molecule has 1 N–H and O–H groups in total. The summed E-state index contributed by atoms with van der Waals surface area (Å²) in [5.41, 5.74) is 1.43. The quantitative estimate of drug-likeness (QED) is 0.921. The summed E-state index contributed by atoms with van der Waals surface area (Å²) in [6.45, 7) is 6.22. The van der Waals surface area contributed by atoms with Crippen molar-refractivity contribution in [1.29, 1.82) is 0 Å². The highest BCUT2D eigenvalue weighted by Gasteiger charge is 2.28. The predicted octanol–water partition coefficient (Wildman–Crippen LogP) is 2.36. The topological polar surface area (TPSA) is 26.7 Å². The standard InChI is InChI=1S/C18H28N2O/c21-15-17-7-4-10-20(14-17)18-8-11-19(12-9-18)13-16-5-2-1-3-6-16/h1-3,5-6,17-18,21H,4,7-15H2/t17-/m0/s1. The molecule has 2 fully saturated rings. The number of nitrogens with zero attached hydrogens (tertiary/aromatic N) is 2. The van der Waals surface area contributed by atoms with E-state index in [0.717, 1.165) is 19.1 Å². The fourth-order valence-electron chi connectivity index (χ4n) is 3.86. The predicted molar refractivity (Wildman–Crippen MR) is 86.1 cm³/mol. The number of hydrogen-bond donors (Lipinski definition) is 1. The SMILES string of the molecule is OC[C@H]1CCCN(C2CCN(Cc3ccccc3)CC2)C1. The van der Waals surface area contributed by atoms with E-state index in [2.05, 4.69) is 40.1 Å². The lowest BCUT2D eigenvalue weighted by Gasteiger charge is -2.42. The Kier molecular flexibility index (Phi) is 5.28. The maximum atomic E-state index is 9.38. The number of hydrogen-bond acceptors (Lipinski definition) is 3. The molecule has 1 atom stereocenters. The molecule has 1 aromatic rings. The number of rotatable bonds is 4. The van der Waals surface area contributed by atoms with E-state index >= 15 is 0 Å². The van der Waals surface area contributed by atoms with Crippen LogP contribution in [0.3, 0.4) is 0 Å². The summed E-state index contributed by atoms with van der Waals surface area (Å²) in [7, 11) is 0. The van der Waals surface area contributed by atoms with Gasteiger partial charge in [-0.2, -0.15) is 0 Å². The zero-order valence-electron chi connectivity index (χ0n) is 13.0. The lowest BCUT2D eigenvalue weighted by Crippen LogP contribution is -2.48. The smallest absolute Gasteiger partial charge is 0.0471 e. The molecular weight excluding hydrogens is 260 g/mol. The van der Waals surface area contributed by atoms with Gasteiger partial charge in [0.05, 0.1) is 0 Å². The van der Waals surface area contributed by atoms with Crippen molar-refractivity contribution in [1.82, 2.24) is 9.80 Å². The molecule has 2 saturated heterocycles. The minimum atomic E-state index is 0.364. The molecule has 0 radical (unpaired) electrons. The van der Waals surface area contributed by atoms with Gasteiger partial charge in [-0.15, -0.1) is 0 Å². The molecule has 0 amide bonds. The van der Waals surface area contributed by atoms with Crippen molar-refractivity contribution >= 4 is 0 Å². The third kappa shape index (κ3) is 4.06. The van der Waals surface area contributed by atoms with Crippen LogP contribution in [0.4, 0.5) is 0 Å². The van der Waals surface area contributed by atoms with Crippen LogP contribution < -0.4 is 0 Å². The Bertz CT molecular complexity index is 414. The zero-order valence-corrected chi connectivity index (χ0v) is 13.0. The van der Waals surface area contributed by atoms with Crippen molar-refractivity contribution < 1.29 is 5.11 Å². The summed E-state index contributed by atoms with van der Waals surface area (Å²) in [6.07, 6.45) is 5.03. The van der Waals surface area contributed by atoms with E-state index in [9.17, 15) is 5.11 Å². The van der Waals surface area contributed by atoms with Crippen molar-refractivity contribution in [3.63, 3.8) is 0 Å². The van der Waals surface area contributed by atoms with Crippen molar-refractivity contribution in [2.75, 3.05) is 32.8 Å². The molecule has 1 aromatic carbocycles. The Labute approximate surface area is 128 Å². The largest absolute Gasteiger partial charge is 0.396 e. The Hall–Kier alpha value is -0.900. The first kappa shape index (κ1) is 15.0. The maximum Gasteiger partial charge on any atom is 0.0471 e. The summed E-state index contributed by atoms with van der Waals surface area (Å²) in [4.78, 5) is 5.23. The van der Waals surface area contributed by atoms with Gasteiger partial charge in [-0.1, -0.05) is 30.3 Å². The van der Waals surface area contributed by atoms with Gasteiger partial charge in [0, 0.05) is 25.7 Å². The van der Waals surface area contributed by atoms with E-state index in [1.807, 2.05) is 0 Å². The van der Waals surface area contributed by atoms with Gasteiger partial charge >= 0.3 is 0 Å². The minimum absolute atomic E-state index is 0.364. The van der Waals surface area contributed by atoms with Gasteiger partial charge in [0.25, 0.3) is 0 Å². The average molecular weight is 288 g/mol. The normalized spacial score (nSPS) is 26.0. The van der Waals surface area contributed by atoms with Crippen LogP contribution in [0.2, 0.25) is 0 Å². The highest BCUT2D eigenvalue weighted by molar-refractivity contribution is 5.14. The molecule has 0 spiro atoms. The lowest BCUT2D eigenvalue weighted by molar-refractivity contribution is 0.0526. The van der Waals surface area contributed by atoms with Crippen LogP contribution in [0, 0.1) is 5.92 Å². The highest BCUT2D eigenvalue weighted by atomic mass is 16.3. The fraction of sp³-hybridized carbons (Fsp3) is 0.667. The molecule has 0 bridgehead atoms. The van der Waals surface area contributed by atoms with Gasteiger partial charge in [0.2, 0.25) is 0 Å². The van der Waals surface area contributed by atoms with Crippen LogP contribution in [0.25, 0.3) is 0 Å². The molecule has 116 valence electrons. The molecule has 2 heterocycles. The molecule has 3 nitrogen and oxygen atoms in total. The third-order valence-electron chi connectivity index (χ3n) is 5.13. The number of likely N-dealkylation sites (tertiary alicyclic amines) is 2. The summed E-state index contributed by atoms with van der Waals surface area (Å²) in [5.74, 6) is 0.515. The Morgan fingerprint density at radius 3 is 2.48 bits per heavy atom. The number of piperidine rings is 2. The molecule has 0 aromatic heterocycles. The molecule has 3 heteroatoms. The van der Waals surface area contributed by atoms with Crippen LogP contribution in [0.1, 0.15) is 31.2 Å². The third-order valence-corrected chi connectivity index (χ3v) is 5.13. The number of aliphatic hydroxyl groups excluding tert-OH is 1. The molecule has 0 aliphatic carbocycles. The first-order valence-electron chi connectivity index (χ1n) is 8.46. The minimum Gasteiger partial charge on any atom is -0.396 e. The molecule has 0 unspecified atom stereocenters. The van der Waals surface area contributed by atoms with Crippen LogP contribution >= 0.6 is 0 Å². The Morgan fingerprint density at radius 1 is 1.00 bits per heavy atom. The summed E-state index contributed by atoms with van der Waals surface area (Å²) < 4.78 is 0. The zero-order chi connectivity index (χ0) is 14.5. The number of benzene rings is 1. The van der Waals surface area contributed by atoms with E-state index in [4.69, 9.17) is 0 Å². The summed E-state index contributed by atoms with van der Waals surface area (Å²) >= 11 is 0. The van der Waals surface area contributed by atoms with Crippen molar-refractivity contribution in [2.24, 2.45) is 5.92 Å². The molecule has 3 rings (SSSR count). The second kappa shape index (κ2) is 7.39. The molecule has 21 heavy (non-hydrogen) atoms. The van der Waals surface area contributed by atoms with Gasteiger partial charge in [-0.05, 0) is 56.8 Å². The highest BCUT2D eigenvalue weighted by Crippen LogP contribution is 2.24. The van der Waals surface area contributed by atoms with Gasteiger partial charge in [0.1, 0.15) is 0 Å². The van der Waals surface area contributed by atoms with Crippen molar-refractivity contribution in [2.45, 2.75) is 38.3 Å². The molecule has 2 aliphatic rings. The summed E-state index contributed by atoms with van der Waals surface area (Å²) in [6, 6.07) is 11.5. The van der Waals surface area contributed by atoms with Gasteiger partial charge in [-0.3, -0.25) is 9.80 Å². The van der Waals surface area contributed by atoms with E-state index in [1.54, 1.807) is 0 Å². The average Bonchev–Trinajstić information content (AvgIpc) is 2.56. The molecule has 0 saturated carbocycles. The van der Waals surface area contributed by atoms with E-state index < -0.39 is 0 Å². The molecule has 2 aliphatic heterocycles. The van der Waals surface area contributed by atoms with Gasteiger partial charge < -0.3 is 5.11 Å². The van der Waals surface area contributed by atoms with Crippen LogP contribution in [0.15, 0.2) is 30.3 Å². The number of aliphatic hydroxyl groups is 1. The Balaban J connectivity index is 1.46. The second-order valence-electron chi connectivity index (χ2n) is 6.68. The van der Waals surface area contributed by atoms with E-state index in [0.29, 0.717) is 12.5 Å². The van der Waals surface area contributed by atoms with Crippen molar-refractivity contribution in [3.8, 4) is 0 Å². The van der Waals surface area contributed by atoms with E-state index in [1.165, 1.54) is 50.9 Å². The first-order chi connectivity index (χ1) is 10.3. The summed E-state index contributed by atoms with van der Waals surface area (Å²) in [5, 5.41) is 9.38. The first-order valence-corrected chi connectivity index (χ1v) is 8.46. The van der Waals surface area contributed by atoms with Crippen molar-refractivity contribution in [3.05, 3.63) is 35.9 Å². The van der Waals surface area contributed by atoms with Crippen LogP contribution in [-0.2, 0) is 6.54 Å².